The first-order valence-electron chi connectivity index (χ1n) is 12.9. The second-order valence-electron chi connectivity index (χ2n) is 9.41. The first kappa shape index (κ1) is 30.0. The molecule has 13 heteroatoms. The van der Waals surface area contributed by atoms with Crippen LogP contribution in [0.2, 0.25) is 0 Å². The number of amides is 3. The Bertz CT molecular complexity index is 1870. The van der Waals surface area contributed by atoms with Gasteiger partial charge in [0.25, 0.3) is 11.8 Å². The van der Waals surface area contributed by atoms with Crippen LogP contribution in [0.3, 0.4) is 0 Å². The number of anilines is 3. The first-order chi connectivity index (χ1) is 21.0. The summed E-state index contributed by atoms with van der Waals surface area (Å²) >= 11 is 1.15. The Labute approximate surface area is 252 Å². The average molecular weight is 621 g/mol. The second-order valence-corrected chi connectivity index (χ2v) is 10.4. The van der Waals surface area contributed by atoms with E-state index in [-0.39, 0.29) is 16.4 Å². The molecule has 0 aliphatic heterocycles. The van der Waals surface area contributed by atoms with Gasteiger partial charge in [0.1, 0.15) is 11.5 Å². The molecule has 0 aliphatic carbocycles. The van der Waals surface area contributed by atoms with Crippen LogP contribution in [0.15, 0.2) is 84.9 Å². The van der Waals surface area contributed by atoms with E-state index >= 15 is 0 Å². The van der Waals surface area contributed by atoms with Gasteiger partial charge in [0, 0.05) is 22.5 Å². The zero-order valence-corrected chi connectivity index (χ0v) is 23.9. The lowest BCUT2D eigenvalue weighted by Crippen LogP contribution is -2.16. The molecule has 5 aromatic rings. The Morgan fingerprint density at radius 3 is 2.23 bits per heavy atom. The van der Waals surface area contributed by atoms with Crippen LogP contribution >= 0.6 is 11.3 Å². The number of aromatic nitrogens is 1. The summed E-state index contributed by atoms with van der Waals surface area (Å²) in [7, 11) is 1.53. The fraction of sp³-hybridized carbons (Fsp3) is 0.0968. The summed E-state index contributed by atoms with van der Waals surface area (Å²) in [6.07, 6.45) is -5.32. The first-order valence-corrected chi connectivity index (χ1v) is 13.7. The zero-order chi connectivity index (χ0) is 31.4. The largest absolute Gasteiger partial charge is 0.497 e. The fourth-order valence-corrected chi connectivity index (χ4v) is 4.94. The number of hydrogen-bond donors (Lipinski definition) is 3. The number of carbonyl (C=O) groups is 3. The van der Waals surface area contributed by atoms with E-state index in [1.807, 2.05) is 0 Å². The number of nitrogens with one attached hydrogen (secondary N) is 3. The smallest absolute Gasteiger partial charge is 0.418 e. The van der Waals surface area contributed by atoms with Crippen molar-refractivity contribution in [3.63, 3.8) is 0 Å². The number of methoxy groups -OCH3 is 1. The second kappa shape index (κ2) is 12.4. The van der Waals surface area contributed by atoms with Gasteiger partial charge < -0.3 is 20.1 Å². The number of benzene rings is 4. The van der Waals surface area contributed by atoms with Gasteiger partial charge in [0.2, 0.25) is 0 Å². The topological polar surface area (TPSA) is 119 Å². The fourth-order valence-electron chi connectivity index (χ4n) is 4.05. The number of nitrogens with zero attached hydrogens (tertiary/aromatic N) is 1. The molecule has 0 radical (unpaired) electrons. The van der Waals surface area contributed by atoms with Gasteiger partial charge in [-0.3, -0.25) is 14.9 Å². The number of rotatable bonds is 7. The lowest BCUT2D eigenvalue weighted by molar-refractivity contribution is -0.137. The third-order valence-corrected chi connectivity index (χ3v) is 7.26. The van der Waals surface area contributed by atoms with Crippen LogP contribution in [0.5, 0.6) is 11.5 Å². The standard InChI is InChI=1S/C31H23F3N4O5S/c1-17-6-8-21(35-27(39)18-4-3-5-20(14-18)31(32,33)34)16-25(17)36-28(40)19-7-13-24-26(15-19)44-29(37-24)38-30(41)43-23-11-9-22(42-2)10-12-23/h3-16H,1-2H3,(H,35,39)(H,36,40)(H,37,38,41). The van der Waals surface area contributed by atoms with Gasteiger partial charge in [-0.2, -0.15) is 13.2 Å². The summed E-state index contributed by atoms with van der Waals surface area (Å²) in [5.74, 6) is -0.242. The average Bonchev–Trinajstić information content (AvgIpc) is 3.40. The molecule has 0 saturated carbocycles. The van der Waals surface area contributed by atoms with Gasteiger partial charge >= 0.3 is 12.3 Å². The predicted octanol–water partition coefficient (Wildman–Crippen LogP) is 7.75. The normalized spacial score (nSPS) is 11.1. The minimum Gasteiger partial charge on any atom is -0.497 e. The summed E-state index contributed by atoms with van der Waals surface area (Å²) in [4.78, 5) is 42.4. The highest BCUT2D eigenvalue weighted by atomic mass is 32.1. The molecule has 0 aliphatic rings. The SMILES string of the molecule is COc1ccc(OC(=O)Nc2nc3ccc(C(=O)Nc4cc(NC(=O)c5cccc(C(F)(F)F)c5)ccc4C)cc3s2)cc1. The van der Waals surface area contributed by atoms with Gasteiger partial charge in [0.15, 0.2) is 5.13 Å². The van der Waals surface area contributed by atoms with Crippen molar-refractivity contribution in [1.82, 2.24) is 4.98 Å². The van der Waals surface area contributed by atoms with Crippen molar-refractivity contribution in [3.05, 3.63) is 107 Å². The molecule has 44 heavy (non-hydrogen) atoms. The molecule has 3 N–H and O–H groups in total. The highest BCUT2D eigenvalue weighted by Crippen LogP contribution is 2.31. The summed E-state index contributed by atoms with van der Waals surface area (Å²) in [5.41, 5.74) is 1.14. The number of thiazole rings is 1. The van der Waals surface area contributed by atoms with Gasteiger partial charge in [-0.15, -0.1) is 0 Å². The van der Waals surface area contributed by atoms with E-state index in [0.29, 0.717) is 38.5 Å². The van der Waals surface area contributed by atoms with Crippen molar-refractivity contribution in [2.24, 2.45) is 0 Å². The molecule has 5 rings (SSSR count). The predicted molar refractivity (Wildman–Crippen MR) is 161 cm³/mol. The van der Waals surface area contributed by atoms with Gasteiger partial charge in [0.05, 0.1) is 22.9 Å². The van der Waals surface area contributed by atoms with Crippen LogP contribution in [-0.4, -0.2) is 30.0 Å². The molecule has 0 saturated heterocycles. The number of hydrogen-bond acceptors (Lipinski definition) is 7. The van der Waals surface area contributed by atoms with Crippen LogP contribution < -0.4 is 25.4 Å². The summed E-state index contributed by atoms with van der Waals surface area (Å²) in [6.45, 7) is 1.75. The molecular weight excluding hydrogens is 597 g/mol. The summed E-state index contributed by atoms with van der Waals surface area (Å²) < 4.78 is 50.1. The summed E-state index contributed by atoms with van der Waals surface area (Å²) in [5, 5.41) is 8.21. The molecule has 4 aromatic carbocycles. The van der Waals surface area contributed by atoms with E-state index in [1.165, 1.54) is 19.2 Å². The molecular formula is C31H23F3N4O5S. The van der Waals surface area contributed by atoms with Crippen LogP contribution in [0.25, 0.3) is 10.2 Å². The van der Waals surface area contributed by atoms with E-state index in [0.717, 1.165) is 29.5 Å². The van der Waals surface area contributed by atoms with Crippen molar-refractivity contribution >= 4 is 56.0 Å². The van der Waals surface area contributed by atoms with Crippen molar-refractivity contribution < 1.29 is 37.0 Å². The Kier molecular flexibility index (Phi) is 8.49. The maximum atomic E-state index is 13.1. The van der Waals surface area contributed by atoms with Crippen LogP contribution in [0.1, 0.15) is 31.8 Å². The molecule has 0 spiro atoms. The molecule has 9 nitrogen and oxygen atoms in total. The molecule has 3 amide bonds. The Balaban J connectivity index is 1.25. The Hall–Kier alpha value is -5.43. The lowest BCUT2D eigenvalue weighted by atomic mass is 10.1. The molecule has 1 aromatic heterocycles. The molecule has 1 heterocycles. The molecule has 0 unspecified atom stereocenters. The van der Waals surface area contributed by atoms with Gasteiger partial charge in [-0.05, 0) is 85.3 Å². The maximum Gasteiger partial charge on any atom is 0.418 e. The molecule has 0 fully saturated rings. The van der Waals surface area contributed by atoms with Crippen LogP contribution in [-0.2, 0) is 6.18 Å². The number of alkyl halides is 3. The number of aryl methyl sites for hydroxylation is 1. The van der Waals surface area contributed by atoms with Gasteiger partial charge in [-0.1, -0.05) is 23.5 Å². The Morgan fingerprint density at radius 2 is 1.50 bits per heavy atom. The molecule has 0 atom stereocenters. The number of ether oxygens (including phenoxy) is 2. The van der Waals surface area contributed by atoms with Crippen LogP contribution in [0.4, 0.5) is 34.5 Å². The summed E-state index contributed by atoms with van der Waals surface area (Å²) in [6, 6.07) is 20.2. The van der Waals surface area contributed by atoms with Crippen molar-refractivity contribution in [2.75, 3.05) is 23.1 Å². The maximum absolute atomic E-state index is 13.1. The van der Waals surface area contributed by atoms with Crippen LogP contribution in [0, 0.1) is 6.92 Å². The number of halogens is 3. The minimum absolute atomic E-state index is 0.160. The molecule has 0 bridgehead atoms. The minimum atomic E-state index is -4.58. The van der Waals surface area contributed by atoms with Crippen molar-refractivity contribution in [1.29, 1.82) is 0 Å². The highest BCUT2D eigenvalue weighted by Gasteiger charge is 2.31. The Morgan fingerprint density at radius 1 is 0.795 bits per heavy atom. The lowest BCUT2D eigenvalue weighted by Gasteiger charge is -2.13. The quantitative estimate of drug-likeness (QED) is 0.171. The number of carbonyl (C=O) groups excluding carboxylic acids is 3. The van der Waals surface area contributed by atoms with Crippen molar-refractivity contribution in [3.8, 4) is 11.5 Å². The van der Waals surface area contributed by atoms with E-state index < -0.39 is 29.6 Å². The van der Waals surface area contributed by atoms with E-state index in [4.69, 9.17) is 9.47 Å². The molecule has 224 valence electrons. The monoisotopic (exact) mass is 620 g/mol. The number of fused-ring (bicyclic) bond motifs is 1. The van der Waals surface area contributed by atoms with Gasteiger partial charge in [-0.25, -0.2) is 9.78 Å². The zero-order valence-electron chi connectivity index (χ0n) is 23.1. The third-order valence-electron chi connectivity index (χ3n) is 6.33. The van der Waals surface area contributed by atoms with E-state index in [9.17, 15) is 27.6 Å². The van der Waals surface area contributed by atoms with Crippen molar-refractivity contribution in [2.45, 2.75) is 13.1 Å². The van der Waals surface area contributed by atoms with E-state index in [2.05, 4.69) is 20.9 Å². The highest BCUT2D eigenvalue weighted by molar-refractivity contribution is 7.22. The third kappa shape index (κ3) is 7.13. The van der Waals surface area contributed by atoms with E-state index in [1.54, 1.807) is 61.5 Å².